The topological polar surface area (TPSA) is 73.8 Å². The van der Waals surface area contributed by atoms with E-state index >= 15 is 0 Å². The van der Waals surface area contributed by atoms with E-state index in [9.17, 15) is 4.79 Å². The Morgan fingerprint density at radius 3 is 2.78 bits per heavy atom. The van der Waals surface area contributed by atoms with E-state index < -0.39 is 0 Å². The quantitative estimate of drug-likeness (QED) is 0.832. The first-order valence-electron chi connectivity index (χ1n) is 5.47. The molecule has 5 nitrogen and oxygen atoms in total. The van der Waals surface area contributed by atoms with Gasteiger partial charge in [-0.15, -0.1) is 0 Å². The largest absolute Gasteiger partial charge is 0.389 e. The van der Waals surface area contributed by atoms with Crippen molar-refractivity contribution in [3.63, 3.8) is 0 Å². The molecule has 0 aromatic carbocycles. The predicted molar refractivity (Wildman–Crippen MR) is 73.3 cm³/mol. The summed E-state index contributed by atoms with van der Waals surface area (Å²) in [5.74, 6) is 0. The highest BCUT2D eigenvalue weighted by atomic mass is 32.1. The van der Waals surface area contributed by atoms with Crippen molar-refractivity contribution in [2.24, 2.45) is 5.73 Å². The number of nitrogens with two attached hydrogens (primary N) is 1. The Bertz CT molecular complexity index is 636. The predicted octanol–water partition coefficient (Wildman–Crippen LogP) is 0.959. The summed E-state index contributed by atoms with van der Waals surface area (Å²) in [5, 5.41) is 4.23. The maximum atomic E-state index is 11.9. The first kappa shape index (κ1) is 12.4. The lowest BCUT2D eigenvalue weighted by Gasteiger charge is -2.07. The fraction of sp³-hybridized carbons (Fsp3) is 0.167. The second kappa shape index (κ2) is 5.05. The van der Waals surface area contributed by atoms with Gasteiger partial charge in [0.1, 0.15) is 10.7 Å². The minimum atomic E-state index is -0.273. The Morgan fingerprint density at radius 1 is 1.44 bits per heavy atom. The number of pyridine rings is 1. The Morgan fingerprint density at radius 2 is 2.22 bits per heavy atom. The average Bonchev–Trinajstić information content (AvgIpc) is 2.39. The normalized spacial score (nSPS) is 10.3. The highest BCUT2D eigenvalue weighted by Crippen LogP contribution is 2.12. The van der Waals surface area contributed by atoms with E-state index in [4.69, 9.17) is 18.0 Å². The second-order valence-electron chi connectivity index (χ2n) is 3.64. The van der Waals surface area contributed by atoms with Gasteiger partial charge in [0.25, 0.3) is 5.56 Å². The van der Waals surface area contributed by atoms with Crippen LogP contribution in [0.3, 0.4) is 0 Å². The third kappa shape index (κ3) is 2.28. The highest BCUT2D eigenvalue weighted by molar-refractivity contribution is 7.80. The zero-order valence-electron chi connectivity index (χ0n) is 9.83. The lowest BCUT2D eigenvalue weighted by atomic mass is 10.2. The van der Waals surface area contributed by atoms with Crippen molar-refractivity contribution in [2.45, 2.75) is 13.5 Å². The summed E-state index contributed by atoms with van der Waals surface area (Å²) < 4.78 is 1.33. The van der Waals surface area contributed by atoms with Crippen LogP contribution in [0.25, 0.3) is 11.4 Å². The molecule has 0 amide bonds. The fourth-order valence-electron chi connectivity index (χ4n) is 1.57. The van der Waals surface area contributed by atoms with Crippen LogP contribution in [0.15, 0.2) is 35.3 Å². The molecule has 2 heterocycles. The molecule has 2 aromatic rings. The molecule has 2 rings (SSSR count). The molecule has 18 heavy (non-hydrogen) atoms. The lowest BCUT2D eigenvalue weighted by molar-refractivity contribution is 0.617. The maximum Gasteiger partial charge on any atom is 0.277 e. The van der Waals surface area contributed by atoms with E-state index in [0.29, 0.717) is 23.5 Å². The second-order valence-corrected chi connectivity index (χ2v) is 4.08. The molecule has 92 valence electrons. The van der Waals surface area contributed by atoms with E-state index in [-0.39, 0.29) is 10.5 Å². The van der Waals surface area contributed by atoms with Crippen LogP contribution in [0.4, 0.5) is 0 Å². The molecule has 6 heteroatoms. The third-order valence-corrected chi connectivity index (χ3v) is 2.69. The van der Waals surface area contributed by atoms with Crippen LogP contribution in [0.5, 0.6) is 0 Å². The van der Waals surface area contributed by atoms with E-state index in [1.54, 1.807) is 12.3 Å². The van der Waals surface area contributed by atoms with Crippen LogP contribution in [0.1, 0.15) is 12.5 Å². The van der Waals surface area contributed by atoms with Crippen LogP contribution < -0.4 is 11.3 Å². The molecule has 2 N–H and O–H groups in total. The van der Waals surface area contributed by atoms with Crippen molar-refractivity contribution in [3.8, 4) is 11.4 Å². The summed E-state index contributed by atoms with van der Waals surface area (Å²) >= 11 is 4.88. The molecular formula is C12H12N4OS. The Hall–Kier alpha value is -2.08. The standard InChI is InChI=1S/C12H12N4OS/c1-2-16-12(17)8(11(13)18)7-10(15-16)9-5-3-4-6-14-9/h3-7H,2H2,1H3,(H2,13,18). The van der Waals surface area contributed by atoms with Gasteiger partial charge in [0.2, 0.25) is 0 Å². The van der Waals surface area contributed by atoms with Gasteiger partial charge in [0.05, 0.1) is 11.3 Å². The van der Waals surface area contributed by atoms with Crippen LogP contribution in [-0.4, -0.2) is 19.8 Å². The molecule has 0 fully saturated rings. The van der Waals surface area contributed by atoms with E-state index in [2.05, 4.69) is 10.1 Å². The van der Waals surface area contributed by atoms with Crippen molar-refractivity contribution in [3.05, 3.63) is 46.4 Å². The number of hydrogen-bond donors (Lipinski definition) is 1. The van der Waals surface area contributed by atoms with E-state index in [1.807, 2.05) is 25.1 Å². The van der Waals surface area contributed by atoms with Crippen molar-refractivity contribution < 1.29 is 0 Å². The number of hydrogen-bond acceptors (Lipinski definition) is 4. The number of nitrogens with zero attached hydrogens (tertiary/aromatic N) is 3. The Kier molecular flexibility index (Phi) is 3.47. The van der Waals surface area contributed by atoms with Crippen LogP contribution in [0, 0.1) is 0 Å². The molecule has 0 saturated carbocycles. The molecule has 0 aliphatic carbocycles. The molecule has 0 atom stereocenters. The molecular weight excluding hydrogens is 248 g/mol. The monoisotopic (exact) mass is 260 g/mol. The van der Waals surface area contributed by atoms with Crippen molar-refractivity contribution in [1.82, 2.24) is 14.8 Å². The highest BCUT2D eigenvalue weighted by Gasteiger charge is 2.11. The molecule has 0 aliphatic rings. The van der Waals surface area contributed by atoms with E-state index in [1.165, 1.54) is 4.68 Å². The summed E-state index contributed by atoms with van der Waals surface area (Å²) in [4.78, 5) is 16.2. The van der Waals surface area contributed by atoms with Gasteiger partial charge in [-0.2, -0.15) is 5.10 Å². The maximum absolute atomic E-state index is 11.9. The third-order valence-electron chi connectivity index (χ3n) is 2.47. The minimum Gasteiger partial charge on any atom is -0.389 e. The molecule has 2 aromatic heterocycles. The summed E-state index contributed by atoms with van der Waals surface area (Å²) in [6.45, 7) is 2.29. The van der Waals surface area contributed by atoms with Gasteiger partial charge in [-0.1, -0.05) is 18.3 Å². The number of thiocarbonyl (C=S) groups is 1. The summed E-state index contributed by atoms with van der Waals surface area (Å²) in [6, 6.07) is 7.06. The van der Waals surface area contributed by atoms with Gasteiger partial charge in [-0.25, -0.2) is 4.68 Å². The van der Waals surface area contributed by atoms with Crippen molar-refractivity contribution in [1.29, 1.82) is 0 Å². The van der Waals surface area contributed by atoms with Gasteiger partial charge in [0.15, 0.2) is 0 Å². The fourth-order valence-corrected chi connectivity index (χ4v) is 1.72. The van der Waals surface area contributed by atoms with E-state index in [0.717, 1.165) is 0 Å². The van der Waals surface area contributed by atoms with Gasteiger partial charge < -0.3 is 5.73 Å². The van der Waals surface area contributed by atoms with Crippen LogP contribution in [0.2, 0.25) is 0 Å². The lowest BCUT2D eigenvalue weighted by Crippen LogP contribution is -2.30. The minimum absolute atomic E-state index is 0.0711. The zero-order valence-corrected chi connectivity index (χ0v) is 10.6. The number of aromatic nitrogens is 3. The molecule has 0 unspecified atom stereocenters. The smallest absolute Gasteiger partial charge is 0.277 e. The van der Waals surface area contributed by atoms with Crippen LogP contribution in [-0.2, 0) is 6.54 Å². The first-order chi connectivity index (χ1) is 8.63. The SMILES string of the molecule is CCn1nc(-c2ccccn2)cc(C(N)=S)c1=O. The molecule has 0 saturated heterocycles. The molecule has 0 spiro atoms. The average molecular weight is 260 g/mol. The first-order valence-corrected chi connectivity index (χ1v) is 5.87. The van der Waals surface area contributed by atoms with Gasteiger partial charge in [0, 0.05) is 12.7 Å². The number of aryl methyl sites for hydroxylation is 1. The summed E-state index contributed by atoms with van der Waals surface area (Å²) in [7, 11) is 0. The van der Waals surface area contributed by atoms with Crippen molar-refractivity contribution in [2.75, 3.05) is 0 Å². The Balaban J connectivity index is 2.67. The molecule has 0 aliphatic heterocycles. The van der Waals surface area contributed by atoms with Gasteiger partial charge in [-0.05, 0) is 25.1 Å². The van der Waals surface area contributed by atoms with Gasteiger partial charge >= 0.3 is 0 Å². The zero-order chi connectivity index (χ0) is 13.1. The number of rotatable bonds is 3. The summed E-state index contributed by atoms with van der Waals surface area (Å²) in [5.41, 5.74) is 6.84. The Labute approximate surface area is 109 Å². The van der Waals surface area contributed by atoms with Crippen molar-refractivity contribution >= 4 is 17.2 Å². The molecule has 0 bridgehead atoms. The van der Waals surface area contributed by atoms with Gasteiger partial charge in [-0.3, -0.25) is 9.78 Å². The van der Waals surface area contributed by atoms with Crippen LogP contribution >= 0.6 is 12.2 Å². The molecule has 0 radical (unpaired) electrons. The summed E-state index contributed by atoms with van der Waals surface area (Å²) in [6.07, 6.45) is 1.67.